The smallest absolute Gasteiger partial charge is 0.300 e. The van der Waals surface area contributed by atoms with Crippen LogP contribution in [0.3, 0.4) is 0 Å². The summed E-state index contributed by atoms with van der Waals surface area (Å²) >= 11 is 0. The normalized spacial score (nSPS) is 19.9. The van der Waals surface area contributed by atoms with Crippen LogP contribution in [0.25, 0.3) is 5.76 Å². The molecule has 0 bridgehead atoms. The van der Waals surface area contributed by atoms with Gasteiger partial charge >= 0.3 is 0 Å². The van der Waals surface area contributed by atoms with E-state index >= 15 is 0 Å². The molecular formula is C27H25NO4. The lowest BCUT2D eigenvalue weighted by atomic mass is 9.89. The van der Waals surface area contributed by atoms with Gasteiger partial charge in [-0.3, -0.25) is 14.5 Å². The first-order chi connectivity index (χ1) is 15.5. The quantitative estimate of drug-likeness (QED) is 0.345. The highest BCUT2D eigenvalue weighted by molar-refractivity contribution is 6.51. The molecule has 1 unspecified atom stereocenters. The highest BCUT2D eigenvalue weighted by Crippen LogP contribution is 2.43. The van der Waals surface area contributed by atoms with Crippen LogP contribution in [0, 0.1) is 13.8 Å². The third-order valence-corrected chi connectivity index (χ3v) is 6.50. The van der Waals surface area contributed by atoms with Gasteiger partial charge < -0.3 is 9.52 Å². The van der Waals surface area contributed by atoms with Crippen molar-refractivity contribution in [3.05, 3.63) is 93.9 Å². The van der Waals surface area contributed by atoms with Crippen molar-refractivity contribution < 1.29 is 19.1 Å². The summed E-state index contributed by atoms with van der Waals surface area (Å²) < 4.78 is 5.65. The highest BCUT2D eigenvalue weighted by atomic mass is 16.3. The van der Waals surface area contributed by atoms with E-state index < -0.39 is 17.7 Å². The van der Waals surface area contributed by atoms with Gasteiger partial charge in [0.2, 0.25) is 0 Å². The van der Waals surface area contributed by atoms with Gasteiger partial charge in [0.05, 0.1) is 11.8 Å². The van der Waals surface area contributed by atoms with Crippen LogP contribution >= 0.6 is 0 Å². The zero-order valence-corrected chi connectivity index (χ0v) is 18.2. The molecule has 2 heterocycles. The molecule has 5 heteroatoms. The number of carbonyl (C=O) groups excluding carboxylic acids is 2. The largest absolute Gasteiger partial charge is 0.507 e. The van der Waals surface area contributed by atoms with E-state index in [9.17, 15) is 14.7 Å². The zero-order chi connectivity index (χ0) is 22.4. The fourth-order valence-corrected chi connectivity index (χ4v) is 4.81. The number of nitrogens with zero attached hydrogens (tertiary/aromatic N) is 1. The van der Waals surface area contributed by atoms with Crippen molar-refractivity contribution in [1.29, 1.82) is 0 Å². The van der Waals surface area contributed by atoms with Gasteiger partial charge in [-0.1, -0.05) is 24.3 Å². The van der Waals surface area contributed by atoms with E-state index in [-0.39, 0.29) is 11.3 Å². The van der Waals surface area contributed by atoms with E-state index in [0.717, 1.165) is 36.8 Å². The molecule has 0 spiro atoms. The molecule has 1 N–H and O–H groups in total. The van der Waals surface area contributed by atoms with E-state index in [0.29, 0.717) is 17.0 Å². The molecule has 1 fully saturated rings. The van der Waals surface area contributed by atoms with E-state index in [4.69, 9.17) is 4.42 Å². The summed E-state index contributed by atoms with van der Waals surface area (Å²) in [5.74, 6) is -1.10. The van der Waals surface area contributed by atoms with E-state index in [1.807, 2.05) is 50.2 Å². The molecule has 1 aliphatic carbocycles. The Labute approximate surface area is 187 Å². The summed E-state index contributed by atoms with van der Waals surface area (Å²) in [6.07, 6.45) is 5.77. The minimum atomic E-state index is -0.832. The van der Waals surface area contributed by atoms with Crippen LogP contribution in [0.2, 0.25) is 0 Å². The topological polar surface area (TPSA) is 70.8 Å². The van der Waals surface area contributed by atoms with Crippen LogP contribution in [0.4, 0.5) is 5.69 Å². The summed E-state index contributed by atoms with van der Waals surface area (Å²) in [5, 5.41) is 11.3. The SMILES string of the molecule is Cc1ccc(C)c(N2C(=O)C(=O)/C(=C(\O)c3ccc4c(c3)CCCC4)C2c2ccco2)c1. The fourth-order valence-electron chi connectivity index (χ4n) is 4.81. The maximum atomic E-state index is 13.2. The molecule has 1 amide bonds. The fraction of sp³-hybridized carbons (Fsp3) is 0.259. The number of anilines is 1. The van der Waals surface area contributed by atoms with Crippen LogP contribution in [-0.2, 0) is 22.4 Å². The second kappa shape index (κ2) is 7.83. The first-order valence-electron chi connectivity index (χ1n) is 11.0. The second-order valence-electron chi connectivity index (χ2n) is 8.67. The van der Waals surface area contributed by atoms with Crippen molar-refractivity contribution in [2.75, 3.05) is 4.90 Å². The Bertz CT molecular complexity index is 1250. The number of aryl methyl sites for hydroxylation is 4. The Balaban J connectivity index is 1.70. The Morgan fingerprint density at radius 1 is 1.00 bits per heavy atom. The van der Waals surface area contributed by atoms with E-state index in [2.05, 4.69) is 0 Å². The summed E-state index contributed by atoms with van der Waals surface area (Å²) in [5.41, 5.74) is 5.56. The third kappa shape index (κ3) is 3.25. The highest BCUT2D eigenvalue weighted by Gasteiger charge is 2.48. The van der Waals surface area contributed by atoms with Gasteiger partial charge in [0.1, 0.15) is 17.6 Å². The summed E-state index contributed by atoms with van der Waals surface area (Å²) in [7, 11) is 0. The number of ketones is 1. The van der Waals surface area contributed by atoms with Gasteiger partial charge in [-0.2, -0.15) is 0 Å². The summed E-state index contributed by atoms with van der Waals surface area (Å²) in [4.78, 5) is 27.9. The van der Waals surface area contributed by atoms with Crippen molar-refractivity contribution in [3.63, 3.8) is 0 Å². The van der Waals surface area contributed by atoms with E-state index in [1.165, 1.54) is 22.3 Å². The number of amides is 1. The molecule has 2 aliphatic rings. The summed E-state index contributed by atoms with van der Waals surface area (Å²) in [6, 6.07) is 14.2. The molecule has 0 saturated carbocycles. The molecule has 1 aromatic heterocycles. The molecular weight excluding hydrogens is 402 g/mol. The molecule has 1 atom stereocenters. The lowest BCUT2D eigenvalue weighted by molar-refractivity contribution is -0.132. The van der Waals surface area contributed by atoms with Crippen molar-refractivity contribution in [3.8, 4) is 0 Å². The number of aliphatic hydroxyl groups is 1. The Kier molecular flexibility index (Phi) is 4.97. The Morgan fingerprint density at radius 2 is 1.78 bits per heavy atom. The minimum absolute atomic E-state index is 0.0571. The number of benzene rings is 2. The lowest BCUT2D eigenvalue weighted by Crippen LogP contribution is -2.30. The number of hydrogen-bond donors (Lipinski definition) is 1. The third-order valence-electron chi connectivity index (χ3n) is 6.50. The Hall–Kier alpha value is -3.60. The number of fused-ring (bicyclic) bond motifs is 1. The average Bonchev–Trinajstić information content (AvgIpc) is 3.42. The van der Waals surface area contributed by atoms with E-state index in [1.54, 1.807) is 12.1 Å². The maximum absolute atomic E-state index is 13.2. The van der Waals surface area contributed by atoms with Crippen LogP contribution in [0.15, 0.2) is 64.8 Å². The first kappa shape index (κ1) is 20.3. The van der Waals surface area contributed by atoms with Gasteiger partial charge in [-0.05, 0) is 86.1 Å². The first-order valence-corrected chi connectivity index (χ1v) is 11.0. The molecule has 162 valence electrons. The zero-order valence-electron chi connectivity index (χ0n) is 18.2. The summed E-state index contributed by atoms with van der Waals surface area (Å²) in [6.45, 7) is 3.84. The minimum Gasteiger partial charge on any atom is -0.507 e. The molecule has 1 aliphatic heterocycles. The molecule has 3 aromatic rings. The second-order valence-corrected chi connectivity index (χ2v) is 8.67. The molecule has 1 saturated heterocycles. The lowest BCUT2D eigenvalue weighted by Gasteiger charge is -2.25. The van der Waals surface area contributed by atoms with Gasteiger partial charge in [0.25, 0.3) is 11.7 Å². The van der Waals surface area contributed by atoms with Crippen LogP contribution in [0.1, 0.15) is 52.5 Å². The van der Waals surface area contributed by atoms with Crippen molar-refractivity contribution in [1.82, 2.24) is 0 Å². The predicted octanol–water partition coefficient (Wildman–Crippen LogP) is 5.40. The van der Waals surface area contributed by atoms with Crippen molar-refractivity contribution in [2.45, 2.75) is 45.6 Å². The molecule has 0 radical (unpaired) electrons. The number of furan rings is 1. The average molecular weight is 428 g/mol. The number of rotatable bonds is 3. The van der Waals surface area contributed by atoms with Crippen molar-refractivity contribution >= 4 is 23.1 Å². The van der Waals surface area contributed by atoms with Crippen LogP contribution in [0.5, 0.6) is 0 Å². The Morgan fingerprint density at radius 3 is 2.53 bits per heavy atom. The standard InChI is InChI=1S/C27H25NO4/c1-16-9-10-17(2)21(14-16)28-24(22-8-5-13-32-22)23(26(30)27(28)31)25(29)20-12-11-18-6-3-4-7-19(18)15-20/h5,8-15,24,29H,3-4,6-7H2,1-2H3/b25-23-. The predicted molar refractivity (Wildman–Crippen MR) is 122 cm³/mol. The van der Waals surface area contributed by atoms with Gasteiger partial charge in [0, 0.05) is 11.3 Å². The molecule has 2 aromatic carbocycles. The number of aliphatic hydroxyl groups excluding tert-OH is 1. The number of carbonyl (C=O) groups is 2. The molecule has 5 nitrogen and oxygen atoms in total. The van der Waals surface area contributed by atoms with Crippen LogP contribution in [-0.4, -0.2) is 16.8 Å². The monoisotopic (exact) mass is 427 g/mol. The van der Waals surface area contributed by atoms with Crippen LogP contribution < -0.4 is 4.90 Å². The number of Topliss-reactive ketones (excluding diaryl/α,β-unsaturated/α-hetero) is 1. The number of hydrogen-bond acceptors (Lipinski definition) is 4. The maximum Gasteiger partial charge on any atom is 0.300 e. The van der Waals surface area contributed by atoms with Gasteiger partial charge in [0.15, 0.2) is 0 Å². The van der Waals surface area contributed by atoms with Gasteiger partial charge in [-0.15, -0.1) is 0 Å². The molecule has 5 rings (SSSR count). The van der Waals surface area contributed by atoms with Crippen molar-refractivity contribution in [2.24, 2.45) is 0 Å². The van der Waals surface area contributed by atoms with Gasteiger partial charge in [-0.25, -0.2) is 0 Å². The molecule has 32 heavy (non-hydrogen) atoms.